The lowest BCUT2D eigenvalue weighted by Crippen LogP contribution is -2.60. The fraction of sp³-hybridized carbons (Fsp3) is 0.262. The van der Waals surface area contributed by atoms with Crippen molar-refractivity contribution in [2.24, 2.45) is 0 Å². The molecule has 1 aromatic heterocycles. The molecule has 12 nitrogen and oxygen atoms in total. The number of nitrogens with zero attached hydrogens (tertiary/aromatic N) is 5. The third-order valence-corrected chi connectivity index (χ3v) is 11.2. The molecule has 9 rings (SSSR count). The minimum Gasteiger partial charge on any atom is -0.445 e. The Morgan fingerprint density at radius 1 is 0.667 bits per heavy atom. The molecule has 2 atom stereocenters. The van der Waals surface area contributed by atoms with Crippen molar-refractivity contribution in [1.29, 1.82) is 0 Å². The highest BCUT2D eigenvalue weighted by atomic mass is 16.6. The zero-order valence-corrected chi connectivity index (χ0v) is 29.8. The molecule has 6 aliphatic rings. The molecular weight excluding hydrogens is 686 g/mol. The van der Waals surface area contributed by atoms with Crippen molar-refractivity contribution >= 4 is 35.7 Å². The maximum atomic E-state index is 15.3. The van der Waals surface area contributed by atoms with Crippen LogP contribution in [-0.4, -0.2) is 64.0 Å². The van der Waals surface area contributed by atoms with Gasteiger partial charge in [0.25, 0.3) is 0 Å². The van der Waals surface area contributed by atoms with Gasteiger partial charge in [0.15, 0.2) is 34.9 Å². The maximum Gasteiger partial charge on any atom is 0.410 e. The summed E-state index contributed by atoms with van der Waals surface area (Å²) in [4.78, 5) is 65.8. The molecule has 0 unspecified atom stereocenters. The lowest BCUT2D eigenvalue weighted by molar-refractivity contribution is -0.132. The van der Waals surface area contributed by atoms with Crippen LogP contribution >= 0.6 is 0 Å². The number of fused-ring (bicyclic) bond motifs is 4. The second-order valence-corrected chi connectivity index (χ2v) is 14.2. The van der Waals surface area contributed by atoms with Crippen LogP contribution < -0.4 is 8.97 Å². The zero-order valence-electron chi connectivity index (χ0n) is 29.8. The minimum absolute atomic E-state index is 0.0811. The number of amides is 4. The van der Waals surface area contributed by atoms with Gasteiger partial charge < -0.3 is 13.9 Å². The van der Waals surface area contributed by atoms with E-state index in [1.54, 1.807) is 6.92 Å². The molecular formula is C42H39N5O7+2. The summed E-state index contributed by atoms with van der Waals surface area (Å²) in [5.74, 6) is 0.0926. The van der Waals surface area contributed by atoms with E-state index in [2.05, 4.69) is 0 Å². The first-order chi connectivity index (χ1) is 26.3. The van der Waals surface area contributed by atoms with Gasteiger partial charge in [0.1, 0.15) is 13.2 Å². The van der Waals surface area contributed by atoms with Crippen molar-refractivity contribution < 1.29 is 33.1 Å². The summed E-state index contributed by atoms with van der Waals surface area (Å²) in [6.45, 7) is 2.58. The predicted octanol–water partition coefficient (Wildman–Crippen LogP) is 6.96. The lowest BCUT2D eigenvalue weighted by Gasteiger charge is -2.36. The molecule has 2 fully saturated rings. The standard InChI is InChI=1S/C42H39N5O7/c1-28-43-37(46(31-16-17-32(46)19-18-31)38(48)35-14-8-24-44(35)41(50)52-26-29-10-4-2-5-11-29)40(54-28)47(33-20-21-34(47)23-22-33)39(49)36-15-9-25-45(36)42(51)53-27-30-12-6-3-7-13-30/h2-7,10-13,16-23,35-36H,8-9,14-15,24-27H2,1H3/q+2/t35-,36-/m0/s1. The van der Waals surface area contributed by atoms with Crippen molar-refractivity contribution in [3.63, 3.8) is 0 Å². The van der Waals surface area contributed by atoms with Gasteiger partial charge in [-0.25, -0.2) is 19.2 Å². The van der Waals surface area contributed by atoms with E-state index in [4.69, 9.17) is 18.9 Å². The van der Waals surface area contributed by atoms with E-state index in [-0.39, 0.29) is 42.6 Å². The van der Waals surface area contributed by atoms with Gasteiger partial charge in [-0.1, -0.05) is 60.7 Å². The molecule has 3 aromatic rings. The average molecular weight is 726 g/mol. The highest BCUT2D eigenvalue weighted by Gasteiger charge is 2.67. The number of ether oxygens (including phenoxy) is 2. The number of oxazole rings is 1. The van der Waals surface area contributed by atoms with E-state index in [9.17, 15) is 9.59 Å². The molecule has 0 N–H and O–H groups in total. The Bertz CT molecular complexity index is 2060. The van der Waals surface area contributed by atoms with Gasteiger partial charge in [-0.15, -0.1) is 8.97 Å². The van der Waals surface area contributed by atoms with E-state index < -0.39 is 33.2 Å². The second kappa shape index (κ2) is 13.1. The number of benzene rings is 2. The SMILES string of the molecule is Cc1nc([N+]2(C(=O)[C@@H]3CCCN3C(=O)OCc3ccccc3)C3=CC=C2C=C3)c([N+]2(C(=O)[C@@H]3CCCN3C(=O)OCc3ccccc3)C3=CC=C2C=C3)o1. The fourth-order valence-electron chi connectivity index (χ4n) is 8.67. The molecule has 0 aliphatic carbocycles. The highest BCUT2D eigenvalue weighted by Crippen LogP contribution is 2.56. The predicted molar refractivity (Wildman–Crippen MR) is 198 cm³/mol. The Morgan fingerprint density at radius 2 is 1.09 bits per heavy atom. The number of allylic oxidation sites excluding steroid dienone is 8. The van der Waals surface area contributed by atoms with Crippen molar-refractivity contribution in [2.45, 2.75) is 57.9 Å². The molecule has 2 saturated heterocycles. The number of hydrogen-bond acceptors (Lipinski definition) is 8. The van der Waals surface area contributed by atoms with Crippen LogP contribution in [0, 0.1) is 6.92 Å². The van der Waals surface area contributed by atoms with Crippen LogP contribution in [0.3, 0.4) is 0 Å². The number of quaternary nitrogens is 2. The van der Waals surface area contributed by atoms with Gasteiger partial charge in [-0.2, -0.15) is 4.98 Å². The maximum absolute atomic E-state index is 15.3. The normalized spacial score (nSPS) is 22.3. The smallest absolute Gasteiger partial charge is 0.410 e. The van der Waals surface area contributed by atoms with E-state index in [1.807, 2.05) is 109 Å². The van der Waals surface area contributed by atoms with Crippen molar-refractivity contribution in [3.8, 4) is 0 Å². The second-order valence-electron chi connectivity index (χ2n) is 14.2. The van der Waals surface area contributed by atoms with Crippen LogP contribution in [0.1, 0.15) is 42.7 Å². The topological polar surface area (TPSA) is 119 Å². The largest absolute Gasteiger partial charge is 0.445 e. The van der Waals surface area contributed by atoms with Crippen LogP contribution in [0.5, 0.6) is 0 Å². The van der Waals surface area contributed by atoms with Crippen molar-refractivity contribution in [3.05, 3.63) is 149 Å². The van der Waals surface area contributed by atoms with Crippen LogP contribution in [0.15, 0.2) is 136 Å². The zero-order chi connectivity index (χ0) is 37.0. The first kappa shape index (κ1) is 33.7. The third-order valence-electron chi connectivity index (χ3n) is 11.2. The molecule has 272 valence electrons. The molecule has 4 amide bonds. The van der Waals surface area contributed by atoms with E-state index in [0.717, 1.165) is 11.1 Å². The van der Waals surface area contributed by atoms with Gasteiger partial charge in [-0.3, -0.25) is 9.80 Å². The number of hydrogen-bond donors (Lipinski definition) is 0. The van der Waals surface area contributed by atoms with E-state index >= 15 is 9.59 Å². The Morgan fingerprint density at radius 3 is 1.54 bits per heavy atom. The summed E-state index contributed by atoms with van der Waals surface area (Å²) in [5, 5.41) is 0. The molecule has 2 aromatic carbocycles. The number of carbonyl (C=O) groups excluding carboxylic acids is 4. The van der Waals surface area contributed by atoms with E-state index in [0.29, 0.717) is 61.6 Å². The summed E-state index contributed by atoms with van der Waals surface area (Å²) in [7, 11) is 0. The molecule has 0 radical (unpaired) electrons. The lowest BCUT2D eigenvalue weighted by atomic mass is 10.1. The Labute approximate surface area is 312 Å². The molecule has 0 saturated carbocycles. The monoisotopic (exact) mass is 725 g/mol. The van der Waals surface area contributed by atoms with Gasteiger partial charge in [0.2, 0.25) is 5.89 Å². The molecule has 7 heterocycles. The average Bonchev–Trinajstić information content (AvgIpc) is 4.08. The summed E-state index contributed by atoms with van der Waals surface area (Å²) in [5.41, 5.74) is 4.20. The number of aromatic nitrogens is 1. The quantitative estimate of drug-likeness (QED) is 0.229. The number of carbonyl (C=O) groups is 4. The number of rotatable bonds is 8. The molecule has 0 spiro atoms. The van der Waals surface area contributed by atoms with Crippen LogP contribution in [-0.2, 0) is 32.3 Å². The Hall–Kier alpha value is -6.11. The van der Waals surface area contributed by atoms with Crippen LogP contribution in [0.25, 0.3) is 0 Å². The third kappa shape index (κ3) is 5.01. The molecule has 6 aliphatic heterocycles. The van der Waals surface area contributed by atoms with Gasteiger partial charge in [0, 0.05) is 68.6 Å². The summed E-state index contributed by atoms with van der Waals surface area (Å²) < 4.78 is 17.1. The van der Waals surface area contributed by atoms with Crippen molar-refractivity contribution in [2.75, 3.05) is 13.1 Å². The van der Waals surface area contributed by atoms with Crippen LogP contribution in [0.2, 0.25) is 0 Å². The van der Waals surface area contributed by atoms with Gasteiger partial charge >= 0.3 is 35.7 Å². The number of likely N-dealkylation sites (tertiary alicyclic amines) is 2. The summed E-state index contributed by atoms with van der Waals surface area (Å²) in [6, 6.07) is 17.2. The van der Waals surface area contributed by atoms with E-state index in [1.165, 1.54) is 9.80 Å². The summed E-state index contributed by atoms with van der Waals surface area (Å²) >= 11 is 0. The van der Waals surface area contributed by atoms with Crippen LogP contribution in [0.4, 0.5) is 21.3 Å². The summed E-state index contributed by atoms with van der Waals surface area (Å²) in [6.07, 6.45) is 15.9. The van der Waals surface area contributed by atoms with Crippen molar-refractivity contribution in [1.82, 2.24) is 23.7 Å². The minimum atomic E-state index is -0.836. The molecule has 12 heteroatoms. The first-order valence-corrected chi connectivity index (χ1v) is 18.4. The fourth-order valence-corrected chi connectivity index (χ4v) is 8.67. The highest BCUT2D eigenvalue weighted by molar-refractivity contribution is 6.07. The number of aryl methyl sites for hydroxylation is 1. The van der Waals surface area contributed by atoms with Gasteiger partial charge in [-0.05, 0) is 36.8 Å². The molecule has 54 heavy (non-hydrogen) atoms. The Balaban J connectivity index is 1.08. The Kier molecular flexibility index (Phi) is 8.16. The van der Waals surface area contributed by atoms with Gasteiger partial charge in [0.05, 0.1) is 0 Å². The first-order valence-electron chi connectivity index (χ1n) is 18.4. The molecule has 4 bridgehead atoms.